The molecule has 3 nitrogen and oxygen atoms in total. The molecule has 0 radical (unpaired) electrons. The fourth-order valence-corrected chi connectivity index (χ4v) is 8.70. The van der Waals surface area contributed by atoms with E-state index in [9.17, 15) is 110 Å². The molecular formula is C52H31BF24N2O. The Bertz CT molecular complexity index is 2970. The second-order valence-electron chi connectivity index (χ2n) is 17.9. The summed E-state index contributed by atoms with van der Waals surface area (Å²) in [7, 11) is 0. The van der Waals surface area contributed by atoms with E-state index in [0.29, 0.717) is 6.54 Å². The van der Waals surface area contributed by atoms with E-state index in [2.05, 4.69) is 37.0 Å². The van der Waals surface area contributed by atoms with Gasteiger partial charge in [0, 0.05) is 5.56 Å². The lowest BCUT2D eigenvalue weighted by Gasteiger charge is -2.46. The standard InChI is InChI=1S/C32H12BF24.C20H19N2O/c34-25(35,36)13-1-14(26(37,38)39)6-21(5-13)33(22-7-15(27(40,41)42)2-16(8-22)28(43,44)45,23-9-17(29(46,47)48)3-18(10-23)30(49,50)51)24-11-19(31(52,53)54)4-20(12-24)32(55,56)57;1-15-8-9-16(2)18(12-15)19-13-21-10-11-22(19)14-20(23)17-6-4-3-5-7-17/h1-12H;3-13H,14H2,1-2H3/q-1;+1. The van der Waals surface area contributed by atoms with Crippen LogP contribution in [0.2, 0.25) is 0 Å². The van der Waals surface area contributed by atoms with Crippen LogP contribution in [0.3, 0.4) is 0 Å². The Morgan fingerprint density at radius 3 is 1.00 bits per heavy atom. The number of aryl methyl sites for hydroxylation is 2. The first kappa shape index (κ1) is 61.7. The summed E-state index contributed by atoms with van der Waals surface area (Å²) in [6, 6.07) is 6.90. The van der Waals surface area contributed by atoms with Crippen LogP contribution in [0.5, 0.6) is 0 Å². The van der Waals surface area contributed by atoms with Crippen molar-refractivity contribution in [2.75, 3.05) is 0 Å². The first-order valence-corrected chi connectivity index (χ1v) is 22.3. The van der Waals surface area contributed by atoms with Gasteiger partial charge < -0.3 is 0 Å². The van der Waals surface area contributed by atoms with E-state index in [-0.39, 0.29) is 5.78 Å². The molecule has 0 saturated carbocycles. The summed E-state index contributed by atoms with van der Waals surface area (Å²) in [6.45, 7) is 4.44. The Kier molecular flexibility index (Phi) is 16.6. The molecule has 0 unspecified atom stereocenters. The van der Waals surface area contributed by atoms with Crippen molar-refractivity contribution in [2.24, 2.45) is 0 Å². The van der Waals surface area contributed by atoms with E-state index in [1.165, 1.54) is 11.1 Å². The zero-order chi connectivity index (χ0) is 60.1. The maximum absolute atomic E-state index is 14.2. The molecule has 80 heavy (non-hydrogen) atoms. The van der Waals surface area contributed by atoms with Gasteiger partial charge in [0.2, 0.25) is 18.0 Å². The Morgan fingerprint density at radius 1 is 0.412 bits per heavy atom. The lowest BCUT2D eigenvalue weighted by molar-refractivity contribution is -0.672. The van der Waals surface area contributed by atoms with Gasteiger partial charge in [-0.2, -0.15) is 132 Å². The lowest BCUT2D eigenvalue weighted by atomic mass is 9.12. The summed E-state index contributed by atoms with van der Waals surface area (Å²) < 4.78 is 343. The molecular weight excluding hydrogens is 1140 g/mol. The second kappa shape index (κ2) is 21.5. The topological polar surface area (TPSA) is 33.8 Å². The molecule has 0 fully saturated rings. The minimum atomic E-state index is -6.13. The summed E-state index contributed by atoms with van der Waals surface area (Å²) in [5.74, 6) is 0.0911. The Hall–Kier alpha value is -7.55. The van der Waals surface area contributed by atoms with Gasteiger partial charge in [-0.15, -0.1) is 0 Å². The summed E-state index contributed by atoms with van der Waals surface area (Å²) in [5, 5.41) is 0. The summed E-state index contributed by atoms with van der Waals surface area (Å²) in [6.07, 6.45) is -49.4. The number of rotatable bonds is 8. The van der Waals surface area contributed by atoms with E-state index < -0.39 is 195 Å². The molecule has 7 aromatic rings. The highest BCUT2D eigenvalue weighted by molar-refractivity contribution is 7.20. The average molecular weight is 1170 g/mol. The molecule has 0 atom stereocenters. The average Bonchev–Trinajstić information content (AvgIpc) is 3.34. The monoisotopic (exact) mass is 1170 g/mol. The van der Waals surface area contributed by atoms with Gasteiger partial charge in [0.1, 0.15) is 6.15 Å². The molecule has 6 aromatic carbocycles. The zero-order valence-corrected chi connectivity index (χ0v) is 39.9. The Labute approximate surface area is 435 Å². The van der Waals surface area contributed by atoms with Crippen molar-refractivity contribution in [3.05, 3.63) is 201 Å². The predicted octanol–water partition coefficient (Wildman–Crippen LogP) is 14.8. The van der Waals surface area contributed by atoms with Gasteiger partial charge >= 0.3 is 49.4 Å². The molecule has 0 aliphatic rings. The normalized spacial score (nSPS) is 13.2. The van der Waals surface area contributed by atoms with Gasteiger partial charge in [-0.1, -0.05) is 96.6 Å². The summed E-state index contributed by atoms with van der Waals surface area (Å²) >= 11 is 0. The Balaban J connectivity index is 0.000000370. The molecule has 0 N–H and O–H groups in total. The fourth-order valence-electron chi connectivity index (χ4n) is 8.70. The van der Waals surface area contributed by atoms with Crippen molar-refractivity contribution < 1.29 is 115 Å². The molecule has 0 bridgehead atoms. The largest absolute Gasteiger partial charge is 0.416 e. The summed E-state index contributed by atoms with van der Waals surface area (Å²) in [4.78, 5) is 16.7. The first-order chi connectivity index (χ1) is 36.4. The van der Waals surface area contributed by atoms with Crippen LogP contribution in [0, 0.1) is 13.8 Å². The molecule has 1 heterocycles. The zero-order valence-electron chi connectivity index (χ0n) is 39.9. The molecule has 7 rings (SSSR count). The third-order valence-electron chi connectivity index (χ3n) is 12.4. The minimum Gasteiger partial charge on any atom is -0.287 e. The molecule has 426 valence electrons. The van der Waals surface area contributed by atoms with Crippen molar-refractivity contribution >= 4 is 33.8 Å². The molecule has 0 aliphatic heterocycles. The van der Waals surface area contributed by atoms with E-state index in [1.807, 2.05) is 47.3 Å². The molecule has 1 aromatic heterocycles. The van der Waals surface area contributed by atoms with Crippen LogP contribution in [0.15, 0.2) is 140 Å². The predicted molar refractivity (Wildman–Crippen MR) is 240 cm³/mol. The number of nitrogens with zero attached hydrogens (tertiary/aromatic N) is 2. The third-order valence-corrected chi connectivity index (χ3v) is 12.4. The lowest BCUT2D eigenvalue weighted by Crippen LogP contribution is -2.75. The number of hydrogen-bond acceptors (Lipinski definition) is 2. The number of Topliss-reactive ketones (excluding diaryl/α,β-unsaturated/α-hetero) is 1. The molecule has 0 saturated heterocycles. The minimum absolute atomic E-state index is 0.0911. The molecule has 0 aliphatic carbocycles. The van der Waals surface area contributed by atoms with Crippen LogP contribution in [0.4, 0.5) is 105 Å². The summed E-state index contributed by atoms with van der Waals surface area (Å²) in [5.41, 5.74) is -25.1. The first-order valence-electron chi connectivity index (χ1n) is 22.3. The van der Waals surface area contributed by atoms with Gasteiger partial charge in [-0.25, -0.2) is 0 Å². The number of benzene rings is 6. The van der Waals surface area contributed by atoms with Crippen molar-refractivity contribution in [3.63, 3.8) is 0 Å². The second-order valence-corrected chi connectivity index (χ2v) is 17.9. The van der Waals surface area contributed by atoms with E-state index in [4.69, 9.17) is 0 Å². The maximum Gasteiger partial charge on any atom is 0.416 e. The third kappa shape index (κ3) is 13.9. The van der Waals surface area contributed by atoms with Gasteiger partial charge in [-0.3, -0.25) is 9.78 Å². The van der Waals surface area contributed by atoms with Crippen LogP contribution >= 0.6 is 0 Å². The number of halogens is 24. The van der Waals surface area contributed by atoms with Crippen LogP contribution in [-0.2, 0) is 56.0 Å². The van der Waals surface area contributed by atoms with Gasteiger partial charge in [0.15, 0.2) is 6.20 Å². The van der Waals surface area contributed by atoms with Gasteiger partial charge in [-0.05, 0) is 49.7 Å². The quantitative estimate of drug-likeness (QED) is 0.0658. The highest BCUT2D eigenvalue weighted by Gasteiger charge is 2.47. The number of ketones is 1. The maximum atomic E-state index is 14.2. The van der Waals surface area contributed by atoms with Crippen molar-refractivity contribution in [3.8, 4) is 11.3 Å². The fraction of sp³-hybridized carbons (Fsp3) is 0.212. The number of alkyl halides is 24. The van der Waals surface area contributed by atoms with Crippen molar-refractivity contribution in [2.45, 2.75) is 69.8 Å². The molecule has 28 heteroatoms. The molecule has 0 spiro atoms. The van der Waals surface area contributed by atoms with Gasteiger partial charge in [0.05, 0.1) is 62.5 Å². The van der Waals surface area contributed by atoms with Crippen LogP contribution in [0.1, 0.15) is 66.0 Å². The highest BCUT2D eigenvalue weighted by Crippen LogP contribution is 2.41. The number of hydrogen-bond donors (Lipinski definition) is 0. The number of aromatic nitrogens is 2. The number of carbonyl (C=O) groups is 1. The molecule has 0 amide bonds. The highest BCUT2D eigenvalue weighted by atomic mass is 19.4. The Morgan fingerprint density at radius 2 is 0.713 bits per heavy atom. The van der Waals surface area contributed by atoms with Crippen LogP contribution in [-0.4, -0.2) is 16.9 Å². The smallest absolute Gasteiger partial charge is 0.287 e. The van der Waals surface area contributed by atoms with Crippen molar-refractivity contribution in [1.29, 1.82) is 0 Å². The SMILES string of the molecule is Cc1ccc(C)c(-c2cncc[n+]2CC(=O)c2ccccc2)c1.FC(F)(F)c1cc([B-](c2cc(C(F)(F)F)cc(C(F)(F)F)c2)(c2cc(C(F)(F)F)cc(C(F)(F)F)c2)c2cc(C(F)(F)F)cc(C(F)(F)F)c2)cc(C(F)(F)F)c1. The van der Waals surface area contributed by atoms with E-state index >= 15 is 0 Å². The number of carbonyl (C=O) groups excluding carboxylic acids is 1. The van der Waals surface area contributed by atoms with E-state index in [0.717, 1.165) is 16.8 Å². The van der Waals surface area contributed by atoms with Crippen LogP contribution < -0.4 is 26.4 Å². The van der Waals surface area contributed by atoms with Gasteiger partial charge in [0.25, 0.3) is 0 Å². The van der Waals surface area contributed by atoms with Crippen molar-refractivity contribution in [1.82, 2.24) is 4.98 Å². The van der Waals surface area contributed by atoms with Crippen LogP contribution in [0.25, 0.3) is 11.3 Å². The van der Waals surface area contributed by atoms with E-state index in [1.54, 1.807) is 6.20 Å².